The smallest absolute Gasteiger partial charge is 0.166 e. The second-order valence-corrected chi connectivity index (χ2v) is 4.50. The largest absolute Gasteiger partial charge is 0.365 e. The van der Waals surface area contributed by atoms with Crippen LogP contribution in [0.4, 0.5) is 10.2 Å². The summed E-state index contributed by atoms with van der Waals surface area (Å²) >= 11 is 8.80. The maximum Gasteiger partial charge on any atom is 0.166 e. The molecule has 1 aromatic heterocycles. The molecule has 1 rings (SSSR count). The van der Waals surface area contributed by atoms with Crippen LogP contribution in [0, 0.1) is 5.82 Å². The molecule has 0 radical (unpaired) electrons. The molecule has 0 spiro atoms. The van der Waals surface area contributed by atoms with Crippen molar-refractivity contribution in [3.8, 4) is 0 Å². The third kappa shape index (κ3) is 3.95. The SMILES string of the molecule is CCC(CCCl)Nc1ncc(Br)cc1F. The number of aromatic nitrogens is 1. The average Bonchev–Trinajstić information content (AvgIpc) is 2.21. The molecule has 1 aromatic rings. The molecule has 0 bridgehead atoms. The van der Waals surface area contributed by atoms with Crippen molar-refractivity contribution in [3.63, 3.8) is 0 Å². The van der Waals surface area contributed by atoms with Gasteiger partial charge in [-0.05, 0) is 34.8 Å². The topological polar surface area (TPSA) is 24.9 Å². The fraction of sp³-hybridized carbons (Fsp3) is 0.500. The van der Waals surface area contributed by atoms with Crippen molar-refractivity contribution in [2.75, 3.05) is 11.2 Å². The van der Waals surface area contributed by atoms with Gasteiger partial charge in [0.25, 0.3) is 0 Å². The first-order chi connectivity index (χ1) is 7.17. The highest BCUT2D eigenvalue weighted by Crippen LogP contribution is 2.18. The Morgan fingerprint density at radius 1 is 1.67 bits per heavy atom. The molecule has 5 heteroatoms. The molecule has 15 heavy (non-hydrogen) atoms. The summed E-state index contributed by atoms with van der Waals surface area (Å²) in [5, 5.41) is 3.03. The maximum atomic E-state index is 13.4. The number of hydrogen-bond donors (Lipinski definition) is 1. The third-order valence-electron chi connectivity index (χ3n) is 2.10. The van der Waals surface area contributed by atoms with Crippen LogP contribution in [0.2, 0.25) is 0 Å². The maximum absolute atomic E-state index is 13.4. The van der Waals surface area contributed by atoms with Crippen LogP contribution in [0.15, 0.2) is 16.7 Å². The predicted molar refractivity (Wildman–Crippen MR) is 64.9 cm³/mol. The van der Waals surface area contributed by atoms with Gasteiger partial charge in [-0.3, -0.25) is 0 Å². The highest BCUT2D eigenvalue weighted by molar-refractivity contribution is 9.10. The number of halogens is 3. The van der Waals surface area contributed by atoms with Crippen molar-refractivity contribution in [2.24, 2.45) is 0 Å². The van der Waals surface area contributed by atoms with Crippen molar-refractivity contribution in [1.82, 2.24) is 4.98 Å². The molecule has 0 saturated carbocycles. The molecular formula is C10H13BrClFN2. The summed E-state index contributed by atoms with van der Waals surface area (Å²) in [6.07, 6.45) is 3.26. The van der Waals surface area contributed by atoms with E-state index in [1.54, 1.807) is 6.20 Å². The first kappa shape index (κ1) is 12.7. The minimum Gasteiger partial charge on any atom is -0.365 e. The quantitative estimate of drug-likeness (QED) is 0.836. The zero-order valence-corrected chi connectivity index (χ0v) is 10.8. The Labute approximate surface area is 102 Å². The van der Waals surface area contributed by atoms with Gasteiger partial charge in [-0.25, -0.2) is 9.37 Å². The number of anilines is 1. The standard InChI is InChI=1S/C10H13BrClFN2/c1-2-8(3-4-12)15-10-9(13)5-7(11)6-14-10/h5-6,8H,2-4H2,1H3,(H,14,15). The van der Waals surface area contributed by atoms with E-state index in [0.29, 0.717) is 10.4 Å². The number of hydrogen-bond acceptors (Lipinski definition) is 2. The number of rotatable bonds is 5. The summed E-state index contributed by atoms with van der Waals surface area (Å²) in [6.45, 7) is 2.03. The van der Waals surface area contributed by atoms with Crippen LogP contribution >= 0.6 is 27.5 Å². The molecule has 84 valence electrons. The van der Waals surface area contributed by atoms with Gasteiger partial charge in [0, 0.05) is 22.6 Å². The second-order valence-electron chi connectivity index (χ2n) is 3.21. The third-order valence-corrected chi connectivity index (χ3v) is 2.75. The molecule has 1 unspecified atom stereocenters. The van der Waals surface area contributed by atoms with E-state index in [2.05, 4.69) is 26.2 Å². The molecule has 0 aromatic carbocycles. The van der Waals surface area contributed by atoms with Crippen molar-refractivity contribution in [2.45, 2.75) is 25.8 Å². The number of pyridine rings is 1. The Morgan fingerprint density at radius 3 is 2.93 bits per heavy atom. The molecule has 0 aliphatic rings. The average molecular weight is 296 g/mol. The van der Waals surface area contributed by atoms with Gasteiger partial charge >= 0.3 is 0 Å². The van der Waals surface area contributed by atoms with Gasteiger partial charge in [-0.15, -0.1) is 11.6 Å². The fourth-order valence-corrected chi connectivity index (χ4v) is 1.79. The minimum atomic E-state index is -0.350. The summed E-state index contributed by atoms with van der Waals surface area (Å²) in [5.41, 5.74) is 0. The van der Waals surface area contributed by atoms with E-state index in [4.69, 9.17) is 11.6 Å². The van der Waals surface area contributed by atoms with Gasteiger partial charge in [-0.2, -0.15) is 0 Å². The van der Waals surface area contributed by atoms with Gasteiger partial charge in [-0.1, -0.05) is 6.92 Å². The molecule has 1 atom stereocenters. The monoisotopic (exact) mass is 294 g/mol. The molecule has 0 aliphatic carbocycles. The van der Waals surface area contributed by atoms with E-state index < -0.39 is 0 Å². The number of nitrogens with one attached hydrogen (secondary N) is 1. The Balaban J connectivity index is 2.70. The van der Waals surface area contributed by atoms with Gasteiger partial charge in [0.15, 0.2) is 11.6 Å². The van der Waals surface area contributed by atoms with Crippen molar-refractivity contribution >= 4 is 33.3 Å². The van der Waals surface area contributed by atoms with E-state index in [1.165, 1.54) is 6.07 Å². The summed E-state index contributed by atoms with van der Waals surface area (Å²) in [4.78, 5) is 3.97. The zero-order valence-electron chi connectivity index (χ0n) is 8.43. The molecular weight excluding hydrogens is 282 g/mol. The fourth-order valence-electron chi connectivity index (χ4n) is 1.22. The van der Waals surface area contributed by atoms with Crippen LogP contribution in [0.5, 0.6) is 0 Å². The highest BCUT2D eigenvalue weighted by Gasteiger charge is 2.09. The van der Waals surface area contributed by atoms with Gasteiger partial charge in [0.1, 0.15) is 0 Å². The van der Waals surface area contributed by atoms with Gasteiger partial charge in [0.2, 0.25) is 0 Å². The summed E-state index contributed by atoms with van der Waals surface area (Å²) < 4.78 is 14.0. The van der Waals surface area contributed by atoms with Crippen LogP contribution in [0.3, 0.4) is 0 Å². The molecule has 0 aliphatic heterocycles. The summed E-state index contributed by atoms with van der Waals surface area (Å²) in [6, 6.07) is 1.56. The predicted octanol–water partition coefficient (Wildman–Crippen LogP) is 3.80. The summed E-state index contributed by atoms with van der Waals surface area (Å²) in [7, 11) is 0. The lowest BCUT2D eigenvalue weighted by molar-refractivity contribution is 0.608. The van der Waals surface area contributed by atoms with Crippen LogP contribution in [-0.2, 0) is 0 Å². The van der Waals surface area contributed by atoms with Crippen molar-refractivity contribution in [1.29, 1.82) is 0 Å². The van der Waals surface area contributed by atoms with E-state index in [0.717, 1.165) is 12.8 Å². The molecule has 2 nitrogen and oxygen atoms in total. The van der Waals surface area contributed by atoms with Crippen molar-refractivity contribution in [3.05, 3.63) is 22.6 Å². The van der Waals surface area contributed by atoms with E-state index in [9.17, 15) is 4.39 Å². The van der Waals surface area contributed by atoms with E-state index >= 15 is 0 Å². The van der Waals surface area contributed by atoms with Gasteiger partial charge in [0.05, 0.1) is 0 Å². The first-order valence-corrected chi connectivity index (χ1v) is 6.13. The van der Waals surface area contributed by atoms with Crippen LogP contribution in [0.25, 0.3) is 0 Å². The Hall–Kier alpha value is -0.350. The summed E-state index contributed by atoms with van der Waals surface area (Å²) in [5.74, 6) is 0.497. The molecule has 0 fully saturated rings. The number of nitrogens with zero attached hydrogens (tertiary/aromatic N) is 1. The minimum absolute atomic E-state index is 0.172. The number of alkyl halides is 1. The van der Waals surface area contributed by atoms with Crippen LogP contribution in [0.1, 0.15) is 19.8 Å². The lowest BCUT2D eigenvalue weighted by Gasteiger charge is -2.16. The molecule has 1 N–H and O–H groups in total. The van der Waals surface area contributed by atoms with E-state index in [1.807, 2.05) is 6.92 Å². The van der Waals surface area contributed by atoms with E-state index in [-0.39, 0.29) is 17.7 Å². The Bertz CT molecular complexity index is 322. The van der Waals surface area contributed by atoms with Crippen LogP contribution in [-0.4, -0.2) is 16.9 Å². The first-order valence-electron chi connectivity index (χ1n) is 4.81. The second kappa shape index (κ2) is 6.28. The lowest BCUT2D eigenvalue weighted by Crippen LogP contribution is -2.20. The lowest BCUT2D eigenvalue weighted by atomic mass is 10.2. The van der Waals surface area contributed by atoms with Crippen LogP contribution < -0.4 is 5.32 Å². The van der Waals surface area contributed by atoms with Gasteiger partial charge < -0.3 is 5.32 Å². The van der Waals surface area contributed by atoms with Crippen molar-refractivity contribution < 1.29 is 4.39 Å². The Kier molecular flexibility index (Phi) is 5.32. The molecule has 0 saturated heterocycles. The highest BCUT2D eigenvalue weighted by atomic mass is 79.9. The molecule has 1 heterocycles. The zero-order chi connectivity index (χ0) is 11.3. The normalized spacial score (nSPS) is 12.5. The Morgan fingerprint density at radius 2 is 2.40 bits per heavy atom. The molecule has 0 amide bonds.